The van der Waals surface area contributed by atoms with Gasteiger partial charge in [0.25, 0.3) is 0 Å². The Hall–Kier alpha value is -3.27. The number of hydrogen-bond acceptors (Lipinski definition) is 7. The van der Waals surface area contributed by atoms with Crippen molar-refractivity contribution in [3.8, 4) is 22.8 Å². The SMILES string of the molecule is CCCCn1nnnc1CSc1nnc(-c2ccc(OC)cc2)n1-c1ccccc1F. The van der Waals surface area contributed by atoms with Gasteiger partial charge in [-0.2, -0.15) is 0 Å². The highest BCUT2D eigenvalue weighted by molar-refractivity contribution is 7.98. The lowest BCUT2D eigenvalue weighted by Gasteiger charge is -2.11. The molecule has 0 N–H and O–H groups in total. The molecule has 2 aromatic carbocycles. The van der Waals surface area contributed by atoms with Crippen LogP contribution in [-0.2, 0) is 12.3 Å². The number of para-hydroxylation sites is 1. The number of nitrogens with zero attached hydrogens (tertiary/aromatic N) is 7. The Bertz CT molecular complexity index is 1140. The van der Waals surface area contributed by atoms with Gasteiger partial charge in [0.15, 0.2) is 16.8 Å². The van der Waals surface area contributed by atoms with Gasteiger partial charge < -0.3 is 4.74 Å². The van der Waals surface area contributed by atoms with E-state index in [9.17, 15) is 4.39 Å². The Balaban J connectivity index is 1.69. The molecule has 0 amide bonds. The summed E-state index contributed by atoms with van der Waals surface area (Å²) >= 11 is 1.41. The van der Waals surface area contributed by atoms with Crippen LogP contribution in [0.25, 0.3) is 17.1 Å². The summed E-state index contributed by atoms with van der Waals surface area (Å²) in [7, 11) is 1.61. The van der Waals surface area contributed by atoms with E-state index >= 15 is 0 Å². The summed E-state index contributed by atoms with van der Waals surface area (Å²) in [6, 6.07) is 14.0. The largest absolute Gasteiger partial charge is 0.497 e. The van der Waals surface area contributed by atoms with Crippen LogP contribution < -0.4 is 4.74 Å². The summed E-state index contributed by atoms with van der Waals surface area (Å²) in [6.07, 6.45) is 2.05. The minimum Gasteiger partial charge on any atom is -0.497 e. The van der Waals surface area contributed by atoms with Crippen molar-refractivity contribution in [2.24, 2.45) is 0 Å². The van der Waals surface area contributed by atoms with Gasteiger partial charge in [0, 0.05) is 12.1 Å². The molecule has 0 bridgehead atoms. The topological polar surface area (TPSA) is 83.5 Å². The number of tetrazole rings is 1. The van der Waals surface area contributed by atoms with Crippen LogP contribution in [0.4, 0.5) is 4.39 Å². The molecule has 0 atom stereocenters. The summed E-state index contributed by atoms with van der Waals surface area (Å²) in [6.45, 7) is 2.88. The Morgan fingerprint density at radius 1 is 1.03 bits per heavy atom. The second kappa shape index (κ2) is 9.69. The number of aryl methyl sites for hydroxylation is 1. The van der Waals surface area contributed by atoms with Crippen LogP contribution in [0, 0.1) is 5.82 Å². The number of thioether (sulfide) groups is 1. The fourth-order valence-electron chi connectivity index (χ4n) is 3.08. The average molecular weight is 440 g/mol. The fraction of sp³-hybridized carbons (Fsp3) is 0.286. The summed E-state index contributed by atoms with van der Waals surface area (Å²) in [5, 5.41) is 21.2. The molecule has 160 valence electrons. The van der Waals surface area contributed by atoms with Crippen LogP contribution in [0.2, 0.25) is 0 Å². The number of rotatable bonds is 9. The molecule has 4 aromatic rings. The van der Waals surface area contributed by atoms with Crippen LogP contribution in [0.3, 0.4) is 0 Å². The third-order valence-corrected chi connectivity index (χ3v) is 5.66. The first-order valence-corrected chi connectivity index (χ1v) is 10.9. The molecule has 10 heteroatoms. The monoisotopic (exact) mass is 439 g/mol. The summed E-state index contributed by atoms with van der Waals surface area (Å²) in [4.78, 5) is 0. The number of halogens is 1. The minimum atomic E-state index is -0.355. The van der Waals surface area contributed by atoms with Gasteiger partial charge in [0.1, 0.15) is 11.6 Å². The Morgan fingerprint density at radius 2 is 1.84 bits per heavy atom. The van der Waals surface area contributed by atoms with E-state index in [0.717, 1.165) is 36.5 Å². The second-order valence-electron chi connectivity index (χ2n) is 6.78. The number of aromatic nitrogens is 7. The molecule has 2 aromatic heterocycles. The average Bonchev–Trinajstić information content (AvgIpc) is 3.43. The molecular weight excluding hydrogens is 417 g/mol. The predicted molar refractivity (Wildman–Crippen MR) is 116 cm³/mol. The zero-order valence-electron chi connectivity index (χ0n) is 17.3. The second-order valence-corrected chi connectivity index (χ2v) is 7.72. The van der Waals surface area contributed by atoms with Crippen molar-refractivity contribution in [3.63, 3.8) is 0 Å². The Kier molecular flexibility index (Phi) is 6.56. The molecule has 0 aliphatic carbocycles. The zero-order valence-corrected chi connectivity index (χ0v) is 18.1. The molecule has 0 aliphatic rings. The summed E-state index contributed by atoms with van der Waals surface area (Å²) < 4.78 is 23.5. The molecule has 4 rings (SSSR count). The highest BCUT2D eigenvalue weighted by Crippen LogP contribution is 2.31. The number of hydrogen-bond donors (Lipinski definition) is 0. The van der Waals surface area contributed by atoms with Gasteiger partial charge in [-0.15, -0.1) is 15.3 Å². The Morgan fingerprint density at radius 3 is 2.58 bits per heavy atom. The van der Waals surface area contributed by atoms with Crippen LogP contribution in [0.5, 0.6) is 5.75 Å². The standard InChI is InChI=1S/C21H22FN7OS/c1-3-4-13-28-19(23-26-27-28)14-31-21-25-24-20(15-9-11-16(30-2)12-10-15)29(21)18-8-6-5-7-17(18)22/h5-12H,3-4,13-14H2,1-2H3. The van der Waals surface area contributed by atoms with Gasteiger partial charge in [0.2, 0.25) is 0 Å². The van der Waals surface area contributed by atoms with E-state index < -0.39 is 0 Å². The first-order chi connectivity index (χ1) is 15.2. The van der Waals surface area contributed by atoms with Gasteiger partial charge >= 0.3 is 0 Å². The number of unbranched alkanes of at least 4 members (excludes halogenated alkanes) is 1. The zero-order chi connectivity index (χ0) is 21.6. The highest BCUT2D eigenvalue weighted by Gasteiger charge is 2.19. The van der Waals surface area contributed by atoms with E-state index in [2.05, 4.69) is 32.6 Å². The molecule has 0 unspecified atom stereocenters. The molecule has 0 spiro atoms. The smallest absolute Gasteiger partial charge is 0.196 e. The van der Waals surface area contributed by atoms with Crippen molar-refractivity contribution in [2.75, 3.05) is 7.11 Å². The first-order valence-electron chi connectivity index (χ1n) is 9.94. The summed E-state index contributed by atoms with van der Waals surface area (Å²) in [5.41, 5.74) is 1.18. The van der Waals surface area contributed by atoms with Crippen molar-refractivity contribution in [3.05, 3.63) is 60.2 Å². The van der Waals surface area contributed by atoms with Crippen LogP contribution in [0.1, 0.15) is 25.6 Å². The molecular formula is C21H22FN7OS. The van der Waals surface area contributed by atoms with Crippen LogP contribution in [0.15, 0.2) is 53.7 Å². The number of benzene rings is 2. The maximum atomic E-state index is 14.7. The van der Waals surface area contributed by atoms with E-state index in [1.54, 1.807) is 34.6 Å². The highest BCUT2D eigenvalue weighted by atomic mass is 32.2. The van der Waals surface area contributed by atoms with Crippen molar-refractivity contribution < 1.29 is 9.13 Å². The van der Waals surface area contributed by atoms with Gasteiger partial charge in [-0.25, -0.2) is 9.07 Å². The van der Waals surface area contributed by atoms with Crippen LogP contribution in [-0.4, -0.2) is 42.1 Å². The number of ether oxygens (including phenoxy) is 1. The Labute approximate surface area is 183 Å². The van der Waals surface area contributed by atoms with E-state index in [1.807, 2.05) is 24.3 Å². The van der Waals surface area contributed by atoms with Gasteiger partial charge in [0.05, 0.1) is 18.6 Å². The van der Waals surface area contributed by atoms with E-state index in [-0.39, 0.29) is 5.82 Å². The lowest BCUT2D eigenvalue weighted by atomic mass is 10.2. The molecule has 31 heavy (non-hydrogen) atoms. The lowest BCUT2D eigenvalue weighted by molar-refractivity contribution is 0.415. The molecule has 0 aliphatic heterocycles. The predicted octanol–water partition coefficient (Wildman–Crippen LogP) is 4.16. The van der Waals surface area contributed by atoms with Crippen molar-refractivity contribution >= 4 is 11.8 Å². The normalized spacial score (nSPS) is 11.1. The lowest BCUT2D eigenvalue weighted by Crippen LogP contribution is -2.06. The van der Waals surface area contributed by atoms with E-state index in [4.69, 9.17) is 4.74 Å². The molecule has 0 radical (unpaired) electrons. The minimum absolute atomic E-state index is 0.355. The molecule has 0 saturated heterocycles. The maximum absolute atomic E-state index is 14.7. The van der Waals surface area contributed by atoms with E-state index in [1.165, 1.54) is 17.8 Å². The fourth-order valence-corrected chi connectivity index (χ4v) is 3.96. The third-order valence-electron chi connectivity index (χ3n) is 4.73. The maximum Gasteiger partial charge on any atom is 0.196 e. The van der Waals surface area contributed by atoms with Crippen molar-refractivity contribution in [2.45, 2.75) is 37.2 Å². The summed E-state index contributed by atoms with van der Waals surface area (Å²) in [5.74, 6) is 2.15. The third kappa shape index (κ3) is 4.58. The molecule has 8 nitrogen and oxygen atoms in total. The van der Waals surface area contributed by atoms with Crippen molar-refractivity contribution in [1.82, 2.24) is 35.0 Å². The van der Waals surface area contributed by atoms with Crippen LogP contribution >= 0.6 is 11.8 Å². The van der Waals surface area contributed by atoms with E-state index in [0.29, 0.717) is 22.4 Å². The molecule has 0 saturated carbocycles. The van der Waals surface area contributed by atoms with Gasteiger partial charge in [-0.05, 0) is 53.2 Å². The number of methoxy groups -OCH3 is 1. The quantitative estimate of drug-likeness (QED) is 0.362. The van der Waals surface area contributed by atoms with Crippen molar-refractivity contribution in [1.29, 1.82) is 0 Å². The van der Waals surface area contributed by atoms with Gasteiger partial charge in [-0.1, -0.05) is 37.2 Å². The molecule has 0 fully saturated rings. The first kappa shape index (κ1) is 21.0. The molecule has 2 heterocycles. The van der Waals surface area contributed by atoms with Gasteiger partial charge in [-0.3, -0.25) is 4.57 Å².